The van der Waals surface area contributed by atoms with Gasteiger partial charge >= 0.3 is 0 Å². The van der Waals surface area contributed by atoms with Gasteiger partial charge in [0.05, 0.1) is 5.69 Å². The van der Waals surface area contributed by atoms with E-state index < -0.39 is 0 Å². The molecular weight excluding hydrogens is 595 g/mol. The van der Waals surface area contributed by atoms with E-state index in [0.717, 1.165) is 38.7 Å². The highest BCUT2D eigenvalue weighted by molar-refractivity contribution is 6.10. The highest BCUT2D eigenvalue weighted by Gasteiger charge is 2.37. The Labute approximate surface area is 285 Å². The second kappa shape index (κ2) is 10.4. The van der Waals surface area contributed by atoms with Crippen molar-refractivity contribution in [2.24, 2.45) is 0 Å². The molecule has 0 bridgehead atoms. The summed E-state index contributed by atoms with van der Waals surface area (Å²) in [7, 11) is 0. The van der Waals surface area contributed by atoms with E-state index in [1.807, 2.05) is 12.1 Å². The fourth-order valence-electron chi connectivity index (χ4n) is 8.21. The van der Waals surface area contributed by atoms with Gasteiger partial charge < -0.3 is 9.32 Å². The van der Waals surface area contributed by atoms with Crippen molar-refractivity contribution in [1.82, 2.24) is 0 Å². The molecule has 9 aromatic rings. The number of fused-ring (bicyclic) bond motifs is 8. The molecule has 2 nitrogen and oxygen atoms in total. The van der Waals surface area contributed by atoms with Gasteiger partial charge in [-0.15, -0.1) is 0 Å². The minimum atomic E-state index is -0.0951. The molecule has 0 atom stereocenters. The Kier molecular flexibility index (Phi) is 5.95. The first kappa shape index (κ1) is 27.9. The zero-order valence-electron chi connectivity index (χ0n) is 27.4. The van der Waals surface area contributed by atoms with Gasteiger partial charge in [0.2, 0.25) is 0 Å². The number of furan rings is 1. The van der Waals surface area contributed by atoms with Crippen molar-refractivity contribution in [3.8, 4) is 22.3 Å². The number of anilines is 3. The average Bonchev–Trinajstić information content (AvgIpc) is 3.62. The Hall–Kier alpha value is -6.12. The number of hydrogen-bond acceptors (Lipinski definition) is 2. The van der Waals surface area contributed by atoms with E-state index in [1.54, 1.807) is 0 Å². The fraction of sp³-hybridized carbons (Fsp3) is 0.0638. The molecule has 0 N–H and O–H groups in total. The molecule has 1 aliphatic rings. The Bertz CT molecular complexity index is 2740. The molecule has 0 saturated carbocycles. The molecule has 0 amide bonds. The number of benzene rings is 8. The fourth-order valence-corrected chi connectivity index (χ4v) is 8.21. The van der Waals surface area contributed by atoms with Gasteiger partial charge in [-0.05, 0) is 97.9 Å². The molecule has 0 radical (unpaired) electrons. The summed E-state index contributed by atoms with van der Waals surface area (Å²) in [4.78, 5) is 2.44. The molecular formula is C47H33NO. The van der Waals surface area contributed by atoms with Gasteiger partial charge in [0.1, 0.15) is 11.2 Å². The average molecular weight is 628 g/mol. The summed E-state index contributed by atoms with van der Waals surface area (Å²) in [6.45, 7) is 4.69. The summed E-state index contributed by atoms with van der Waals surface area (Å²) in [5.74, 6) is 0. The highest BCUT2D eigenvalue weighted by atomic mass is 16.3. The molecule has 8 aromatic carbocycles. The standard InChI is InChI=1S/C47H33NO/c1-47(2)41-17-7-5-15-39(41)46-42(47)18-10-19-43(46)48(34-24-21-31(22-25-34)37-16-9-12-30-11-3-4-13-36(30)37)35-26-23-32-28-40-38-14-6-8-20-44(38)49-45(40)29-33(32)27-35/h3-29H,1-2H3. The third-order valence-corrected chi connectivity index (χ3v) is 10.6. The third kappa shape index (κ3) is 4.20. The van der Waals surface area contributed by atoms with Crippen molar-refractivity contribution in [3.05, 3.63) is 175 Å². The molecule has 0 saturated heterocycles. The van der Waals surface area contributed by atoms with Crippen LogP contribution in [0.25, 0.3) is 65.7 Å². The van der Waals surface area contributed by atoms with Crippen molar-refractivity contribution in [2.75, 3.05) is 4.90 Å². The van der Waals surface area contributed by atoms with Crippen molar-refractivity contribution < 1.29 is 4.42 Å². The quantitative estimate of drug-likeness (QED) is 0.193. The predicted octanol–water partition coefficient (Wildman–Crippen LogP) is 13.3. The van der Waals surface area contributed by atoms with Crippen LogP contribution in [0.3, 0.4) is 0 Å². The molecule has 0 spiro atoms. The van der Waals surface area contributed by atoms with E-state index in [0.29, 0.717) is 0 Å². The van der Waals surface area contributed by atoms with Gasteiger partial charge in [-0.1, -0.05) is 129 Å². The lowest BCUT2D eigenvalue weighted by Gasteiger charge is -2.29. The van der Waals surface area contributed by atoms with Crippen molar-refractivity contribution in [3.63, 3.8) is 0 Å². The van der Waals surface area contributed by atoms with Crippen LogP contribution in [0.4, 0.5) is 17.1 Å². The molecule has 1 aliphatic carbocycles. The number of para-hydroxylation sites is 1. The highest BCUT2D eigenvalue weighted by Crippen LogP contribution is 2.54. The number of nitrogens with zero attached hydrogens (tertiary/aromatic N) is 1. The Morgan fingerprint density at radius 2 is 1.14 bits per heavy atom. The summed E-state index contributed by atoms with van der Waals surface area (Å²) < 4.78 is 6.32. The minimum absolute atomic E-state index is 0.0951. The van der Waals surface area contributed by atoms with Crippen LogP contribution in [0.5, 0.6) is 0 Å². The summed E-state index contributed by atoms with van der Waals surface area (Å²) in [5, 5.41) is 7.16. The van der Waals surface area contributed by atoms with Crippen LogP contribution in [-0.4, -0.2) is 0 Å². The first-order valence-corrected chi connectivity index (χ1v) is 17.0. The number of rotatable bonds is 4. The minimum Gasteiger partial charge on any atom is -0.456 e. The number of hydrogen-bond donors (Lipinski definition) is 0. The van der Waals surface area contributed by atoms with E-state index >= 15 is 0 Å². The van der Waals surface area contributed by atoms with Gasteiger partial charge in [-0.3, -0.25) is 0 Å². The molecule has 232 valence electrons. The van der Waals surface area contributed by atoms with Crippen molar-refractivity contribution >= 4 is 60.5 Å². The monoisotopic (exact) mass is 627 g/mol. The Morgan fingerprint density at radius 3 is 2.04 bits per heavy atom. The maximum absolute atomic E-state index is 6.32. The van der Waals surface area contributed by atoms with Gasteiger partial charge in [-0.25, -0.2) is 0 Å². The predicted molar refractivity (Wildman–Crippen MR) is 206 cm³/mol. The summed E-state index contributed by atoms with van der Waals surface area (Å²) >= 11 is 0. The van der Waals surface area contributed by atoms with Crippen LogP contribution in [0.2, 0.25) is 0 Å². The van der Waals surface area contributed by atoms with Crippen LogP contribution >= 0.6 is 0 Å². The summed E-state index contributed by atoms with van der Waals surface area (Å²) in [6, 6.07) is 59.6. The van der Waals surface area contributed by atoms with Crippen LogP contribution in [0.1, 0.15) is 25.0 Å². The lowest BCUT2D eigenvalue weighted by atomic mass is 9.82. The van der Waals surface area contributed by atoms with Gasteiger partial charge in [0.25, 0.3) is 0 Å². The molecule has 49 heavy (non-hydrogen) atoms. The van der Waals surface area contributed by atoms with Crippen LogP contribution < -0.4 is 4.90 Å². The van der Waals surface area contributed by atoms with E-state index in [2.05, 4.69) is 170 Å². The van der Waals surface area contributed by atoms with Crippen molar-refractivity contribution in [2.45, 2.75) is 19.3 Å². The Morgan fingerprint density at radius 1 is 0.449 bits per heavy atom. The topological polar surface area (TPSA) is 16.4 Å². The molecule has 0 fully saturated rings. The largest absolute Gasteiger partial charge is 0.456 e. The lowest BCUT2D eigenvalue weighted by Crippen LogP contribution is -2.16. The molecule has 1 aromatic heterocycles. The summed E-state index contributed by atoms with van der Waals surface area (Å²) in [6.07, 6.45) is 0. The van der Waals surface area contributed by atoms with E-state index in [-0.39, 0.29) is 5.41 Å². The van der Waals surface area contributed by atoms with Gasteiger partial charge in [0.15, 0.2) is 0 Å². The second-order valence-electron chi connectivity index (χ2n) is 13.8. The first-order chi connectivity index (χ1) is 24.0. The molecule has 2 heteroatoms. The second-order valence-corrected chi connectivity index (χ2v) is 13.8. The maximum Gasteiger partial charge on any atom is 0.136 e. The van der Waals surface area contributed by atoms with Crippen LogP contribution in [-0.2, 0) is 5.41 Å². The van der Waals surface area contributed by atoms with Crippen LogP contribution in [0.15, 0.2) is 168 Å². The Balaban J connectivity index is 1.19. The first-order valence-electron chi connectivity index (χ1n) is 17.0. The van der Waals surface area contributed by atoms with E-state index in [4.69, 9.17) is 4.42 Å². The molecule has 1 heterocycles. The summed E-state index contributed by atoms with van der Waals surface area (Å²) in [5.41, 5.74) is 12.9. The van der Waals surface area contributed by atoms with E-state index in [9.17, 15) is 0 Å². The lowest BCUT2D eigenvalue weighted by molar-refractivity contribution is 0.660. The van der Waals surface area contributed by atoms with Gasteiger partial charge in [0, 0.05) is 33.1 Å². The zero-order chi connectivity index (χ0) is 32.7. The smallest absolute Gasteiger partial charge is 0.136 e. The maximum atomic E-state index is 6.32. The SMILES string of the molecule is CC1(C)c2ccccc2-c2c(N(c3ccc(-c4cccc5ccccc45)cc3)c3ccc4cc5c(cc4c3)oc3ccccc35)cccc21. The van der Waals surface area contributed by atoms with Crippen LogP contribution in [0, 0.1) is 0 Å². The molecule has 10 rings (SSSR count). The van der Waals surface area contributed by atoms with Crippen molar-refractivity contribution in [1.29, 1.82) is 0 Å². The zero-order valence-corrected chi connectivity index (χ0v) is 27.4. The van der Waals surface area contributed by atoms with Gasteiger partial charge in [-0.2, -0.15) is 0 Å². The molecule has 0 aliphatic heterocycles. The third-order valence-electron chi connectivity index (χ3n) is 10.6. The van der Waals surface area contributed by atoms with E-state index in [1.165, 1.54) is 55.2 Å². The molecule has 0 unspecified atom stereocenters. The normalized spacial score (nSPS) is 13.3.